The predicted molar refractivity (Wildman–Crippen MR) is 132 cm³/mol. The highest BCUT2D eigenvalue weighted by atomic mass is 32.2. The van der Waals surface area contributed by atoms with Crippen molar-refractivity contribution in [2.45, 2.75) is 16.7 Å². The minimum atomic E-state index is -3.88. The smallest absolute Gasteiger partial charge is 0.261 e. The lowest BCUT2D eigenvalue weighted by Crippen LogP contribution is -2.14. The first kappa shape index (κ1) is 23.3. The van der Waals surface area contributed by atoms with Crippen LogP contribution in [0.1, 0.15) is 5.56 Å². The van der Waals surface area contributed by atoms with Gasteiger partial charge in [-0.2, -0.15) is 0 Å². The SMILES string of the molecule is Cc1cccc(NS(=O)(=O)c2ccc(NS(=O)(=O)c3ccc(Oc4ccccc4)cc3)cc2)c1. The molecule has 0 atom stereocenters. The van der Waals surface area contributed by atoms with Gasteiger partial charge >= 0.3 is 0 Å². The van der Waals surface area contributed by atoms with Crippen molar-refractivity contribution in [2.24, 2.45) is 0 Å². The molecule has 0 aromatic heterocycles. The maximum absolute atomic E-state index is 12.7. The van der Waals surface area contributed by atoms with E-state index in [-0.39, 0.29) is 15.5 Å². The number of benzene rings is 4. The summed E-state index contributed by atoms with van der Waals surface area (Å²) in [4.78, 5) is 0.0603. The number of nitrogens with one attached hydrogen (secondary N) is 2. The maximum Gasteiger partial charge on any atom is 0.261 e. The molecule has 7 nitrogen and oxygen atoms in total. The zero-order valence-corrected chi connectivity index (χ0v) is 19.8. The third-order valence-corrected chi connectivity index (χ3v) is 7.59. The third kappa shape index (κ3) is 5.75. The Labute approximate surface area is 199 Å². The third-order valence-electron chi connectivity index (χ3n) is 4.80. The van der Waals surface area contributed by atoms with Crippen molar-refractivity contribution in [1.82, 2.24) is 0 Å². The Morgan fingerprint density at radius 1 is 0.559 bits per heavy atom. The molecule has 0 unspecified atom stereocenters. The molecule has 0 aliphatic carbocycles. The van der Waals surface area contributed by atoms with Crippen LogP contribution < -0.4 is 14.2 Å². The summed E-state index contributed by atoms with van der Waals surface area (Å²) >= 11 is 0. The molecule has 4 rings (SSSR count). The highest BCUT2D eigenvalue weighted by Crippen LogP contribution is 2.24. The van der Waals surface area contributed by atoms with Gasteiger partial charge in [0.1, 0.15) is 11.5 Å². The lowest BCUT2D eigenvalue weighted by atomic mass is 10.2. The first-order valence-electron chi connectivity index (χ1n) is 10.3. The molecule has 0 radical (unpaired) electrons. The number of rotatable bonds is 8. The Morgan fingerprint density at radius 3 is 1.68 bits per heavy atom. The normalized spacial score (nSPS) is 11.6. The standard InChI is InChI=1S/C25H22N2O5S2/c1-19-6-5-7-21(18-19)27-34(30,31)24-14-10-20(11-15-24)26-33(28,29)25-16-12-23(13-17-25)32-22-8-3-2-4-9-22/h2-18,26-27H,1H3. The topological polar surface area (TPSA) is 102 Å². The summed E-state index contributed by atoms with van der Waals surface area (Å²) in [5.74, 6) is 1.14. The van der Waals surface area contributed by atoms with Crippen LogP contribution in [0, 0.1) is 6.92 Å². The molecule has 4 aromatic carbocycles. The highest BCUT2D eigenvalue weighted by Gasteiger charge is 2.17. The largest absolute Gasteiger partial charge is 0.457 e. The molecule has 0 saturated heterocycles. The van der Waals surface area contributed by atoms with E-state index in [1.807, 2.05) is 31.2 Å². The minimum absolute atomic E-state index is 0.0133. The van der Waals surface area contributed by atoms with E-state index in [4.69, 9.17) is 4.74 Å². The highest BCUT2D eigenvalue weighted by molar-refractivity contribution is 7.93. The van der Waals surface area contributed by atoms with Crippen molar-refractivity contribution in [1.29, 1.82) is 0 Å². The number of para-hydroxylation sites is 1. The van der Waals surface area contributed by atoms with Crippen molar-refractivity contribution in [3.05, 3.63) is 109 Å². The van der Waals surface area contributed by atoms with Crippen molar-refractivity contribution >= 4 is 31.4 Å². The van der Waals surface area contributed by atoms with Crippen LogP contribution in [-0.4, -0.2) is 16.8 Å². The van der Waals surface area contributed by atoms with E-state index in [1.54, 1.807) is 42.5 Å². The molecule has 0 spiro atoms. The van der Waals surface area contributed by atoms with E-state index >= 15 is 0 Å². The Morgan fingerprint density at radius 2 is 1.09 bits per heavy atom. The molecule has 9 heteroatoms. The summed E-state index contributed by atoms with van der Waals surface area (Å²) in [5, 5.41) is 0. The Kier molecular flexibility index (Phi) is 6.58. The fraction of sp³-hybridized carbons (Fsp3) is 0.0400. The summed E-state index contributed by atoms with van der Waals surface area (Å²) < 4.78 is 61.4. The van der Waals surface area contributed by atoms with E-state index < -0.39 is 20.0 Å². The second-order valence-corrected chi connectivity index (χ2v) is 10.9. The number of aryl methyl sites for hydroxylation is 1. The van der Waals surface area contributed by atoms with Gasteiger partial charge in [0.2, 0.25) is 0 Å². The van der Waals surface area contributed by atoms with Crippen molar-refractivity contribution < 1.29 is 21.6 Å². The van der Waals surface area contributed by atoms with E-state index in [9.17, 15) is 16.8 Å². The number of hydrogen-bond acceptors (Lipinski definition) is 5. The van der Waals surface area contributed by atoms with Crippen molar-refractivity contribution in [3.8, 4) is 11.5 Å². The quantitative estimate of drug-likeness (QED) is 0.342. The van der Waals surface area contributed by atoms with E-state index in [1.165, 1.54) is 36.4 Å². The van der Waals surface area contributed by atoms with Gasteiger partial charge in [0.25, 0.3) is 20.0 Å². The lowest BCUT2D eigenvalue weighted by molar-refractivity contribution is 0.482. The second kappa shape index (κ2) is 9.58. The van der Waals surface area contributed by atoms with Crippen molar-refractivity contribution in [2.75, 3.05) is 9.44 Å². The molecule has 0 amide bonds. The number of anilines is 2. The van der Waals surface area contributed by atoms with Gasteiger partial charge < -0.3 is 4.74 Å². The molecule has 34 heavy (non-hydrogen) atoms. The van der Waals surface area contributed by atoms with Gasteiger partial charge in [-0.05, 0) is 85.3 Å². The van der Waals surface area contributed by atoms with Crippen LogP contribution in [-0.2, 0) is 20.0 Å². The van der Waals surface area contributed by atoms with Gasteiger partial charge in [0.05, 0.1) is 9.79 Å². The van der Waals surface area contributed by atoms with Crippen LogP contribution in [0.3, 0.4) is 0 Å². The van der Waals surface area contributed by atoms with E-state index in [0.717, 1.165) is 5.56 Å². The van der Waals surface area contributed by atoms with Crippen LogP contribution in [0.15, 0.2) is 113 Å². The molecule has 174 valence electrons. The van der Waals surface area contributed by atoms with Gasteiger partial charge in [-0.25, -0.2) is 16.8 Å². The van der Waals surface area contributed by atoms with Gasteiger partial charge in [0, 0.05) is 11.4 Å². The number of ether oxygens (including phenoxy) is 1. The molecule has 0 heterocycles. The van der Waals surface area contributed by atoms with Gasteiger partial charge in [-0.1, -0.05) is 30.3 Å². The zero-order valence-electron chi connectivity index (χ0n) is 18.2. The molecule has 0 aliphatic rings. The summed E-state index contributed by atoms with van der Waals surface area (Å²) in [6.07, 6.45) is 0. The first-order valence-corrected chi connectivity index (χ1v) is 13.2. The Hall–Kier alpha value is -3.82. The van der Waals surface area contributed by atoms with E-state index in [2.05, 4.69) is 9.44 Å². The molecule has 0 saturated carbocycles. The first-order chi connectivity index (χ1) is 16.2. The molecule has 4 aromatic rings. The summed E-state index contributed by atoms with van der Waals surface area (Å²) in [5.41, 5.74) is 1.60. The molecule has 0 fully saturated rings. The van der Waals surface area contributed by atoms with E-state index in [0.29, 0.717) is 17.2 Å². The average Bonchev–Trinajstić information content (AvgIpc) is 2.80. The van der Waals surface area contributed by atoms with Crippen molar-refractivity contribution in [3.63, 3.8) is 0 Å². The molecular weight excluding hydrogens is 472 g/mol. The Bertz CT molecular complexity index is 1490. The zero-order chi connectivity index (χ0) is 24.2. The molecule has 0 bridgehead atoms. The fourth-order valence-corrected chi connectivity index (χ4v) is 5.26. The lowest BCUT2D eigenvalue weighted by Gasteiger charge is -2.11. The van der Waals surface area contributed by atoms with Gasteiger partial charge in [-0.15, -0.1) is 0 Å². The fourth-order valence-electron chi connectivity index (χ4n) is 3.15. The maximum atomic E-state index is 12.7. The number of hydrogen-bond donors (Lipinski definition) is 2. The predicted octanol–water partition coefficient (Wildman–Crippen LogP) is 5.39. The van der Waals surface area contributed by atoms with Crippen LogP contribution in [0.2, 0.25) is 0 Å². The monoisotopic (exact) mass is 494 g/mol. The summed E-state index contributed by atoms with van der Waals surface area (Å²) in [6.45, 7) is 1.86. The number of sulfonamides is 2. The van der Waals surface area contributed by atoms with Crippen LogP contribution in [0.25, 0.3) is 0 Å². The average molecular weight is 495 g/mol. The van der Waals surface area contributed by atoms with Crippen LogP contribution in [0.4, 0.5) is 11.4 Å². The molecule has 2 N–H and O–H groups in total. The molecule has 0 aliphatic heterocycles. The van der Waals surface area contributed by atoms with Crippen LogP contribution in [0.5, 0.6) is 11.5 Å². The molecular formula is C25H22N2O5S2. The van der Waals surface area contributed by atoms with Gasteiger partial charge in [0.15, 0.2) is 0 Å². The Balaban J connectivity index is 1.45. The minimum Gasteiger partial charge on any atom is -0.457 e. The second-order valence-electron chi connectivity index (χ2n) is 7.49. The van der Waals surface area contributed by atoms with Crippen LogP contribution >= 0.6 is 0 Å². The summed E-state index contributed by atoms with van der Waals surface area (Å²) in [6, 6.07) is 27.6. The van der Waals surface area contributed by atoms with Gasteiger partial charge in [-0.3, -0.25) is 9.44 Å². The summed E-state index contributed by atoms with van der Waals surface area (Å²) in [7, 11) is -7.69.